The van der Waals surface area contributed by atoms with E-state index in [9.17, 15) is 0 Å². The smallest absolute Gasteiger partial charge is 0.165 e. The van der Waals surface area contributed by atoms with E-state index in [-0.39, 0.29) is 0 Å². The van der Waals surface area contributed by atoms with Crippen LogP contribution in [-0.4, -0.2) is 9.97 Å². The lowest BCUT2D eigenvalue weighted by Gasteiger charge is -2.18. The van der Waals surface area contributed by atoms with Crippen LogP contribution in [0.1, 0.15) is 29.9 Å². The SMILES string of the molecule is Cc1occc1-c1nc2c(c(NN)n1)CCCC2. The van der Waals surface area contributed by atoms with Crippen molar-refractivity contribution in [2.24, 2.45) is 5.84 Å². The summed E-state index contributed by atoms with van der Waals surface area (Å²) in [5, 5.41) is 0. The quantitative estimate of drug-likeness (QED) is 0.625. The highest BCUT2D eigenvalue weighted by Gasteiger charge is 2.19. The standard InChI is InChI=1S/C13H16N4O/c1-8-9(6-7-18-8)12-15-11-5-3-2-4-10(11)13(16-12)17-14/h6-7H,2-5,14H2,1H3,(H,15,16,17). The molecule has 2 aromatic rings. The highest BCUT2D eigenvalue weighted by molar-refractivity contribution is 5.61. The number of aryl methyl sites for hydroxylation is 2. The fourth-order valence-electron chi connectivity index (χ4n) is 2.45. The maximum atomic E-state index is 5.57. The molecule has 0 fully saturated rings. The van der Waals surface area contributed by atoms with Gasteiger partial charge in [0.25, 0.3) is 0 Å². The normalized spacial score (nSPS) is 14.3. The fourth-order valence-corrected chi connectivity index (χ4v) is 2.45. The summed E-state index contributed by atoms with van der Waals surface area (Å²) in [6, 6.07) is 1.89. The van der Waals surface area contributed by atoms with Gasteiger partial charge in [-0.15, -0.1) is 0 Å². The molecule has 2 aromatic heterocycles. The molecule has 0 amide bonds. The first-order valence-corrected chi connectivity index (χ1v) is 6.20. The lowest BCUT2D eigenvalue weighted by atomic mass is 9.96. The Morgan fingerprint density at radius 1 is 1.28 bits per heavy atom. The molecule has 0 spiro atoms. The first-order chi connectivity index (χ1) is 8.79. The summed E-state index contributed by atoms with van der Waals surface area (Å²) in [5.74, 6) is 7.83. The van der Waals surface area contributed by atoms with Crippen molar-refractivity contribution in [3.63, 3.8) is 0 Å². The van der Waals surface area contributed by atoms with Crippen molar-refractivity contribution in [1.29, 1.82) is 0 Å². The summed E-state index contributed by atoms with van der Waals surface area (Å²) in [6.07, 6.45) is 6.01. The zero-order valence-corrected chi connectivity index (χ0v) is 10.4. The third-order valence-electron chi connectivity index (χ3n) is 3.42. The number of nitrogens with zero attached hydrogens (tertiary/aromatic N) is 2. The van der Waals surface area contributed by atoms with E-state index >= 15 is 0 Å². The molecule has 0 saturated heterocycles. The van der Waals surface area contributed by atoms with Gasteiger partial charge in [0, 0.05) is 11.3 Å². The summed E-state index contributed by atoms with van der Waals surface area (Å²) < 4.78 is 5.30. The third-order valence-corrected chi connectivity index (χ3v) is 3.42. The number of hydrazine groups is 1. The van der Waals surface area contributed by atoms with E-state index in [2.05, 4.69) is 15.4 Å². The van der Waals surface area contributed by atoms with Gasteiger partial charge in [0.1, 0.15) is 11.6 Å². The van der Waals surface area contributed by atoms with Gasteiger partial charge in [0.2, 0.25) is 0 Å². The molecule has 94 valence electrons. The van der Waals surface area contributed by atoms with Crippen LogP contribution in [0, 0.1) is 6.92 Å². The van der Waals surface area contributed by atoms with Gasteiger partial charge in [-0.05, 0) is 38.7 Å². The van der Waals surface area contributed by atoms with E-state index in [4.69, 9.17) is 10.3 Å². The van der Waals surface area contributed by atoms with E-state index in [1.807, 2.05) is 13.0 Å². The van der Waals surface area contributed by atoms with Crippen LogP contribution in [0.3, 0.4) is 0 Å². The minimum Gasteiger partial charge on any atom is -0.469 e. The van der Waals surface area contributed by atoms with Gasteiger partial charge in [0.15, 0.2) is 5.82 Å². The third kappa shape index (κ3) is 1.76. The van der Waals surface area contributed by atoms with Crippen LogP contribution >= 0.6 is 0 Å². The minimum atomic E-state index is 0.690. The summed E-state index contributed by atoms with van der Waals surface area (Å²) in [4.78, 5) is 9.16. The van der Waals surface area contributed by atoms with Crippen LogP contribution in [0.25, 0.3) is 11.4 Å². The molecule has 5 heteroatoms. The van der Waals surface area contributed by atoms with Gasteiger partial charge in [-0.2, -0.15) is 0 Å². The first kappa shape index (κ1) is 11.2. The van der Waals surface area contributed by atoms with E-state index < -0.39 is 0 Å². The monoisotopic (exact) mass is 244 g/mol. The van der Waals surface area contributed by atoms with Crippen LogP contribution in [0.2, 0.25) is 0 Å². The highest BCUT2D eigenvalue weighted by Crippen LogP contribution is 2.29. The average Bonchev–Trinajstić information content (AvgIpc) is 2.83. The van der Waals surface area contributed by atoms with Gasteiger partial charge >= 0.3 is 0 Å². The van der Waals surface area contributed by atoms with Crippen molar-refractivity contribution in [1.82, 2.24) is 9.97 Å². The molecule has 0 unspecified atom stereocenters. The van der Waals surface area contributed by atoms with Crippen molar-refractivity contribution in [2.75, 3.05) is 5.43 Å². The molecule has 0 atom stereocenters. The topological polar surface area (TPSA) is 77.0 Å². The summed E-state index contributed by atoms with van der Waals surface area (Å²) in [5.41, 5.74) is 5.90. The second-order valence-electron chi connectivity index (χ2n) is 4.56. The highest BCUT2D eigenvalue weighted by atomic mass is 16.3. The molecule has 5 nitrogen and oxygen atoms in total. The Kier molecular flexibility index (Phi) is 2.76. The van der Waals surface area contributed by atoms with Crippen LogP contribution in [0.15, 0.2) is 16.7 Å². The second-order valence-corrected chi connectivity index (χ2v) is 4.56. The van der Waals surface area contributed by atoms with Crippen LogP contribution < -0.4 is 11.3 Å². The maximum absolute atomic E-state index is 5.57. The van der Waals surface area contributed by atoms with Crippen molar-refractivity contribution in [3.8, 4) is 11.4 Å². The number of rotatable bonds is 2. The van der Waals surface area contributed by atoms with Gasteiger partial charge in [-0.25, -0.2) is 15.8 Å². The van der Waals surface area contributed by atoms with Crippen molar-refractivity contribution in [2.45, 2.75) is 32.6 Å². The molecule has 0 aliphatic heterocycles. The number of fused-ring (bicyclic) bond motifs is 1. The van der Waals surface area contributed by atoms with Crippen molar-refractivity contribution in [3.05, 3.63) is 29.3 Å². The molecule has 1 aliphatic rings. The zero-order chi connectivity index (χ0) is 12.5. The number of nitrogens with two attached hydrogens (primary N) is 1. The van der Waals surface area contributed by atoms with Crippen LogP contribution in [0.4, 0.5) is 5.82 Å². The van der Waals surface area contributed by atoms with E-state index in [0.717, 1.165) is 41.2 Å². The average molecular weight is 244 g/mol. The Labute approximate surface area is 105 Å². The van der Waals surface area contributed by atoms with Gasteiger partial charge in [-0.3, -0.25) is 0 Å². The van der Waals surface area contributed by atoms with Crippen LogP contribution in [0.5, 0.6) is 0 Å². The second kappa shape index (κ2) is 4.42. The van der Waals surface area contributed by atoms with Gasteiger partial charge < -0.3 is 9.84 Å². The molecule has 3 rings (SSSR count). The minimum absolute atomic E-state index is 0.690. The summed E-state index contributed by atoms with van der Waals surface area (Å²) >= 11 is 0. The number of hydrogen-bond donors (Lipinski definition) is 2. The summed E-state index contributed by atoms with van der Waals surface area (Å²) in [7, 11) is 0. The van der Waals surface area contributed by atoms with E-state index in [1.165, 1.54) is 12.8 Å². The molecule has 2 heterocycles. The molecule has 18 heavy (non-hydrogen) atoms. The van der Waals surface area contributed by atoms with Gasteiger partial charge in [0.05, 0.1) is 11.8 Å². The Morgan fingerprint density at radius 2 is 2.11 bits per heavy atom. The zero-order valence-electron chi connectivity index (χ0n) is 10.4. The molecular formula is C13H16N4O. The number of aromatic nitrogens is 2. The molecule has 1 aliphatic carbocycles. The number of furan rings is 1. The largest absolute Gasteiger partial charge is 0.469 e. The Hall–Kier alpha value is -1.88. The maximum Gasteiger partial charge on any atom is 0.165 e. The lowest BCUT2D eigenvalue weighted by Crippen LogP contribution is -2.17. The predicted octanol–water partition coefficient (Wildman–Crippen LogP) is 2.21. The lowest BCUT2D eigenvalue weighted by molar-refractivity contribution is 0.535. The molecular weight excluding hydrogens is 228 g/mol. The Bertz CT molecular complexity index is 559. The predicted molar refractivity (Wildman–Crippen MR) is 68.9 cm³/mol. The van der Waals surface area contributed by atoms with Gasteiger partial charge in [-0.1, -0.05) is 0 Å². The summed E-state index contributed by atoms with van der Waals surface area (Å²) in [6.45, 7) is 1.91. The number of hydrogen-bond acceptors (Lipinski definition) is 5. The first-order valence-electron chi connectivity index (χ1n) is 6.20. The Morgan fingerprint density at radius 3 is 2.83 bits per heavy atom. The van der Waals surface area contributed by atoms with E-state index in [0.29, 0.717) is 5.82 Å². The Balaban J connectivity index is 2.14. The number of nitrogen functional groups attached to an aromatic ring is 1. The van der Waals surface area contributed by atoms with E-state index in [1.54, 1.807) is 6.26 Å². The molecule has 0 saturated carbocycles. The molecule has 3 N–H and O–H groups in total. The molecule has 0 bridgehead atoms. The van der Waals surface area contributed by atoms with Crippen LogP contribution in [-0.2, 0) is 12.8 Å². The van der Waals surface area contributed by atoms with Crippen molar-refractivity contribution >= 4 is 5.82 Å². The van der Waals surface area contributed by atoms with Crippen molar-refractivity contribution < 1.29 is 4.42 Å². The molecule has 0 radical (unpaired) electrons. The molecule has 0 aromatic carbocycles. The number of anilines is 1. The fraction of sp³-hybridized carbons (Fsp3) is 0.385. The number of nitrogens with one attached hydrogen (secondary N) is 1.